The number of fused-ring (bicyclic) bond motifs is 1. The molecule has 0 N–H and O–H groups in total. The van der Waals surface area contributed by atoms with E-state index in [4.69, 9.17) is 11.6 Å². The zero-order valence-corrected chi connectivity index (χ0v) is 13.9. The van der Waals surface area contributed by atoms with Crippen LogP contribution in [0.3, 0.4) is 0 Å². The lowest BCUT2D eigenvalue weighted by Gasteiger charge is -2.18. The molecule has 2 aromatic rings. The van der Waals surface area contributed by atoms with Gasteiger partial charge in [-0.25, -0.2) is 9.37 Å². The van der Waals surface area contributed by atoms with E-state index in [1.807, 2.05) is 6.92 Å². The number of imidazole rings is 1. The molecule has 2 nitrogen and oxygen atoms in total. The minimum Gasteiger partial charge on any atom is -0.324 e. The molecule has 0 radical (unpaired) electrons. The molecule has 1 aliphatic carbocycles. The zero-order chi connectivity index (χ0) is 14.4. The van der Waals surface area contributed by atoms with Gasteiger partial charge in [-0.1, -0.05) is 12.8 Å². The summed E-state index contributed by atoms with van der Waals surface area (Å²) in [6, 6.07) is 3.58. The van der Waals surface area contributed by atoms with Crippen molar-refractivity contribution in [2.24, 2.45) is 5.92 Å². The van der Waals surface area contributed by atoms with Gasteiger partial charge in [-0.15, -0.1) is 11.6 Å². The summed E-state index contributed by atoms with van der Waals surface area (Å²) in [6.07, 6.45) is 3.73. The molecule has 1 fully saturated rings. The van der Waals surface area contributed by atoms with Gasteiger partial charge in [0.05, 0.1) is 20.9 Å². The summed E-state index contributed by atoms with van der Waals surface area (Å²) < 4.78 is 16.4. The second-order valence-electron chi connectivity index (χ2n) is 5.74. The first-order chi connectivity index (χ1) is 9.47. The fourth-order valence-corrected chi connectivity index (χ4v) is 3.28. The molecule has 5 heteroatoms. The monoisotopic (exact) mass is 358 g/mol. The molecule has 108 valence electrons. The summed E-state index contributed by atoms with van der Waals surface area (Å²) in [7, 11) is 0. The largest absolute Gasteiger partial charge is 0.324 e. The van der Waals surface area contributed by atoms with Gasteiger partial charge in [0.1, 0.15) is 11.6 Å². The van der Waals surface area contributed by atoms with Crippen molar-refractivity contribution in [1.29, 1.82) is 0 Å². The Morgan fingerprint density at radius 1 is 1.45 bits per heavy atom. The highest BCUT2D eigenvalue weighted by atomic mass is 79.9. The van der Waals surface area contributed by atoms with Crippen molar-refractivity contribution >= 4 is 38.6 Å². The van der Waals surface area contributed by atoms with Crippen LogP contribution in [0.25, 0.3) is 11.0 Å². The molecule has 0 amide bonds. The molecule has 1 aromatic carbocycles. The van der Waals surface area contributed by atoms with E-state index >= 15 is 0 Å². The van der Waals surface area contributed by atoms with E-state index in [9.17, 15) is 4.39 Å². The Balaban J connectivity index is 2.14. The molecule has 2 unspecified atom stereocenters. The zero-order valence-electron chi connectivity index (χ0n) is 11.5. The summed E-state index contributed by atoms with van der Waals surface area (Å²) in [6.45, 7) is 4.08. The minimum absolute atomic E-state index is 0.189. The highest BCUT2D eigenvalue weighted by Gasteiger charge is 2.27. The van der Waals surface area contributed by atoms with Gasteiger partial charge in [-0.05, 0) is 48.2 Å². The molecule has 0 bridgehead atoms. The van der Waals surface area contributed by atoms with Gasteiger partial charge in [-0.3, -0.25) is 0 Å². The van der Waals surface area contributed by atoms with E-state index in [1.54, 1.807) is 12.1 Å². The van der Waals surface area contributed by atoms with Gasteiger partial charge in [-0.2, -0.15) is 0 Å². The van der Waals surface area contributed by atoms with E-state index in [1.165, 1.54) is 12.8 Å². The fourth-order valence-electron chi connectivity index (χ4n) is 2.79. The quantitative estimate of drug-likeness (QED) is 0.650. The van der Waals surface area contributed by atoms with Crippen LogP contribution in [-0.4, -0.2) is 9.55 Å². The number of rotatable bonds is 4. The summed E-state index contributed by atoms with van der Waals surface area (Å²) in [5.74, 6) is 1.37. The van der Waals surface area contributed by atoms with Crippen molar-refractivity contribution in [3.63, 3.8) is 0 Å². The number of aromatic nitrogens is 2. The van der Waals surface area contributed by atoms with Crippen molar-refractivity contribution in [2.45, 2.75) is 44.5 Å². The molecule has 0 spiro atoms. The van der Waals surface area contributed by atoms with Crippen molar-refractivity contribution in [2.75, 3.05) is 0 Å². The molecule has 3 rings (SSSR count). The first-order valence-corrected chi connectivity index (χ1v) is 8.21. The number of hydrogen-bond donors (Lipinski definition) is 0. The highest BCUT2D eigenvalue weighted by Crippen LogP contribution is 2.39. The average Bonchev–Trinajstić information content (AvgIpc) is 3.10. The summed E-state index contributed by atoms with van der Waals surface area (Å²) in [5, 5.41) is -0.189. The lowest BCUT2D eigenvalue weighted by Crippen LogP contribution is -2.10. The number of nitrogens with zero attached hydrogens (tertiary/aromatic N) is 2. The predicted octanol–water partition coefficient (Wildman–Crippen LogP) is 5.60. The van der Waals surface area contributed by atoms with Crippen molar-refractivity contribution < 1.29 is 4.39 Å². The number of benzene rings is 1. The van der Waals surface area contributed by atoms with E-state index in [-0.39, 0.29) is 11.2 Å². The third-order valence-corrected chi connectivity index (χ3v) is 4.73. The third-order valence-electron chi connectivity index (χ3n) is 3.93. The molecular weight excluding hydrogens is 343 g/mol. The van der Waals surface area contributed by atoms with Crippen LogP contribution in [0.5, 0.6) is 0 Å². The lowest BCUT2D eigenvalue weighted by molar-refractivity contribution is 0.471. The van der Waals surface area contributed by atoms with Gasteiger partial charge in [0.25, 0.3) is 0 Å². The Bertz CT molecular complexity index is 649. The SMILES string of the molecule is CC(Cl)c1nc2cc(Br)c(F)cc2n1C(C)CC1CC1. The molecule has 2 atom stereocenters. The summed E-state index contributed by atoms with van der Waals surface area (Å²) >= 11 is 9.48. The minimum atomic E-state index is -0.258. The number of hydrogen-bond acceptors (Lipinski definition) is 1. The predicted molar refractivity (Wildman–Crippen MR) is 83.7 cm³/mol. The van der Waals surface area contributed by atoms with Gasteiger partial charge >= 0.3 is 0 Å². The van der Waals surface area contributed by atoms with E-state index < -0.39 is 0 Å². The second kappa shape index (κ2) is 5.30. The standard InChI is InChI=1S/C15H17BrClFN2/c1-8(5-10-3-4-10)20-14-7-12(18)11(16)6-13(14)19-15(20)9(2)17/h6-10H,3-5H2,1-2H3. The molecule has 1 aliphatic rings. The van der Waals surface area contributed by atoms with Crippen LogP contribution >= 0.6 is 27.5 Å². The third kappa shape index (κ3) is 2.60. The first kappa shape index (κ1) is 14.3. The maximum Gasteiger partial charge on any atom is 0.139 e. The maximum atomic E-state index is 13.9. The van der Waals surface area contributed by atoms with Crippen LogP contribution < -0.4 is 0 Å². The normalized spacial score (nSPS) is 18.4. The summed E-state index contributed by atoms with van der Waals surface area (Å²) in [4.78, 5) is 4.60. The molecule has 1 saturated carbocycles. The van der Waals surface area contributed by atoms with Crippen LogP contribution in [0, 0.1) is 11.7 Å². The Labute approximate surface area is 131 Å². The Hall–Kier alpha value is -0.610. The van der Waals surface area contributed by atoms with Crippen molar-refractivity contribution in [1.82, 2.24) is 9.55 Å². The van der Waals surface area contributed by atoms with E-state index in [0.29, 0.717) is 10.5 Å². The van der Waals surface area contributed by atoms with Gasteiger partial charge in [0, 0.05) is 12.1 Å². The van der Waals surface area contributed by atoms with Crippen LogP contribution in [0.4, 0.5) is 4.39 Å². The Kier molecular flexibility index (Phi) is 3.80. The van der Waals surface area contributed by atoms with Crippen LogP contribution in [-0.2, 0) is 0 Å². The molecular formula is C15H17BrClFN2. The molecule has 1 heterocycles. The lowest BCUT2D eigenvalue weighted by atomic mass is 10.1. The van der Waals surface area contributed by atoms with Gasteiger partial charge in [0.15, 0.2) is 0 Å². The molecule has 20 heavy (non-hydrogen) atoms. The molecule has 0 saturated heterocycles. The van der Waals surface area contributed by atoms with Crippen LogP contribution in [0.15, 0.2) is 16.6 Å². The van der Waals surface area contributed by atoms with Gasteiger partial charge < -0.3 is 4.57 Å². The number of halogens is 3. The first-order valence-electron chi connectivity index (χ1n) is 6.98. The average molecular weight is 360 g/mol. The summed E-state index contributed by atoms with van der Waals surface area (Å²) in [5.41, 5.74) is 1.63. The molecule has 0 aliphatic heterocycles. The second-order valence-corrected chi connectivity index (χ2v) is 7.25. The van der Waals surface area contributed by atoms with E-state index in [0.717, 1.165) is 29.2 Å². The maximum absolute atomic E-state index is 13.9. The number of alkyl halides is 1. The Morgan fingerprint density at radius 3 is 2.75 bits per heavy atom. The topological polar surface area (TPSA) is 17.8 Å². The fraction of sp³-hybridized carbons (Fsp3) is 0.533. The van der Waals surface area contributed by atoms with Crippen molar-refractivity contribution in [3.05, 3.63) is 28.2 Å². The van der Waals surface area contributed by atoms with E-state index in [2.05, 4.69) is 32.4 Å². The van der Waals surface area contributed by atoms with Crippen LogP contribution in [0.1, 0.15) is 50.4 Å². The van der Waals surface area contributed by atoms with Crippen molar-refractivity contribution in [3.8, 4) is 0 Å². The smallest absolute Gasteiger partial charge is 0.139 e. The Morgan fingerprint density at radius 2 is 2.15 bits per heavy atom. The highest BCUT2D eigenvalue weighted by molar-refractivity contribution is 9.10. The van der Waals surface area contributed by atoms with Gasteiger partial charge in [0.2, 0.25) is 0 Å². The molecule has 1 aromatic heterocycles. The van der Waals surface area contributed by atoms with Crippen LogP contribution in [0.2, 0.25) is 0 Å².